The fourth-order valence-corrected chi connectivity index (χ4v) is 2.93. The van der Waals surface area contributed by atoms with Crippen LogP contribution in [0.4, 0.5) is 0 Å². The topological polar surface area (TPSA) is 29.5 Å². The number of hydrogen-bond acceptors (Lipinski definition) is 3. The number of carbonyl (C=O) groups is 1. The summed E-state index contributed by atoms with van der Waals surface area (Å²) in [6.07, 6.45) is 2.00. The maximum absolute atomic E-state index is 11.3. The number of ether oxygens (including phenoxy) is 1. The molecule has 0 aromatic rings. The second kappa shape index (κ2) is 2.30. The van der Waals surface area contributed by atoms with Gasteiger partial charge in [-0.05, 0) is 12.3 Å². The molecule has 3 saturated heterocycles. The third-order valence-corrected chi connectivity index (χ3v) is 3.46. The Morgan fingerprint density at radius 2 is 2.33 bits per heavy atom. The first kappa shape index (κ1) is 7.04. The SMILES string of the molecule is O=C1CC2CC3COCC2N3C1. The quantitative estimate of drug-likeness (QED) is 0.510. The molecule has 4 bridgehead atoms. The average Bonchev–Trinajstić information content (AvgIpc) is 2.26. The van der Waals surface area contributed by atoms with Crippen molar-refractivity contribution in [3.05, 3.63) is 0 Å². The minimum atomic E-state index is 0.431. The van der Waals surface area contributed by atoms with Gasteiger partial charge in [0.25, 0.3) is 0 Å². The Morgan fingerprint density at radius 3 is 3.25 bits per heavy atom. The molecular formula is C9H13NO2. The van der Waals surface area contributed by atoms with Crippen molar-refractivity contribution in [2.75, 3.05) is 19.8 Å². The number of piperidine rings is 1. The predicted molar refractivity (Wildman–Crippen MR) is 42.8 cm³/mol. The van der Waals surface area contributed by atoms with Crippen LogP contribution in [0.2, 0.25) is 0 Å². The molecule has 0 radical (unpaired) electrons. The van der Waals surface area contributed by atoms with Crippen LogP contribution in [-0.4, -0.2) is 42.5 Å². The van der Waals surface area contributed by atoms with E-state index in [0.717, 1.165) is 19.6 Å². The monoisotopic (exact) mass is 167 g/mol. The van der Waals surface area contributed by atoms with Gasteiger partial charge in [0, 0.05) is 18.5 Å². The van der Waals surface area contributed by atoms with Gasteiger partial charge in [0.2, 0.25) is 0 Å². The Labute approximate surface area is 71.7 Å². The van der Waals surface area contributed by atoms with Crippen LogP contribution in [0, 0.1) is 5.92 Å². The van der Waals surface area contributed by atoms with E-state index in [-0.39, 0.29) is 0 Å². The summed E-state index contributed by atoms with van der Waals surface area (Å²) in [6, 6.07) is 1.13. The van der Waals surface area contributed by atoms with Crippen LogP contribution in [-0.2, 0) is 9.53 Å². The van der Waals surface area contributed by atoms with Crippen LogP contribution in [0.15, 0.2) is 0 Å². The van der Waals surface area contributed by atoms with Crippen molar-refractivity contribution < 1.29 is 9.53 Å². The van der Waals surface area contributed by atoms with E-state index in [1.807, 2.05) is 0 Å². The van der Waals surface area contributed by atoms with Gasteiger partial charge in [-0.1, -0.05) is 0 Å². The van der Waals surface area contributed by atoms with Crippen LogP contribution in [0.5, 0.6) is 0 Å². The molecule has 0 saturated carbocycles. The van der Waals surface area contributed by atoms with Gasteiger partial charge >= 0.3 is 0 Å². The molecule has 12 heavy (non-hydrogen) atoms. The first-order chi connectivity index (χ1) is 5.84. The highest BCUT2D eigenvalue weighted by Crippen LogP contribution is 2.38. The van der Waals surface area contributed by atoms with E-state index in [1.54, 1.807) is 0 Å². The fraction of sp³-hybridized carbons (Fsp3) is 0.889. The number of nitrogens with zero attached hydrogens (tertiary/aromatic N) is 1. The molecule has 3 rings (SSSR count). The Morgan fingerprint density at radius 1 is 1.42 bits per heavy atom. The molecule has 0 aromatic heterocycles. The van der Waals surface area contributed by atoms with Gasteiger partial charge in [-0.15, -0.1) is 0 Å². The molecular weight excluding hydrogens is 154 g/mol. The summed E-state index contributed by atoms with van der Waals surface area (Å²) in [5.41, 5.74) is 0. The van der Waals surface area contributed by atoms with Crippen molar-refractivity contribution in [2.45, 2.75) is 24.9 Å². The molecule has 3 heteroatoms. The number of rotatable bonds is 0. The molecule has 0 aliphatic carbocycles. The first-order valence-electron chi connectivity index (χ1n) is 4.70. The Hall–Kier alpha value is -0.410. The van der Waals surface area contributed by atoms with E-state index in [1.165, 1.54) is 6.42 Å². The molecule has 3 fully saturated rings. The van der Waals surface area contributed by atoms with Gasteiger partial charge in [0.05, 0.1) is 19.8 Å². The summed E-state index contributed by atoms with van der Waals surface area (Å²) < 4.78 is 5.48. The number of ketones is 1. The lowest BCUT2D eigenvalue weighted by Crippen LogP contribution is -2.51. The van der Waals surface area contributed by atoms with Crippen molar-refractivity contribution in [1.82, 2.24) is 4.90 Å². The van der Waals surface area contributed by atoms with Crippen molar-refractivity contribution in [1.29, 1.82) is 0 Å². The Balaban J connectivity index is 1.92. The summed E-state index contributed by atoms with van der Waals surface area (Å²) in [6.45, 7) is 2.39. The van der Waals surface area contributed by atoms with Gasteiger partial charge in [-0.3, -0.25) is 9.69 Å². The largest absolute Gasteiger partial charge is 0.378 e. The van der Waals surface area contributed by atoms with Gasteiger partial charge in [-0.2, -0.15) is 0 Å². The molecule has 0 N–H and O–H groups in total. The second-order valence-corrected chi connectivity index (χ2v) is 4.17. The lowest BCUT2D eigenvalue weighted by Gasteiger charge is -2.37. The van der Waals surface area contributed by atoms with E-state index in [2.05, 4.69) is 4.90 Å². The van der Waals surface area contributed by atoms with Gasteiger partial charge < -0.3 is 4.74 Å². The van der Waals surface area contributed by atoms with Crippen molar-refractivity contribution >= 4 is 5.78 Å². The highest BCUT2D eigenvalue weighted by molar-refractivity contribution is 5.82. The van der Waals surface area contributed by atoms with E-state index in [4.69, 9.17) is 4.74 Å². The van der Waals surface area contributed by atoms with Crippen LogP contribution >= 0.6 is 0 Å². The van der Waals surface area contributed by atoms with E-state index >= 15 is 0 Å². The molecule has 3 aliphatic heterocycles. The van der Waals surface area contributed by atoms with Crippen LogP contribution in [0.1, 0.15) is 12.8 Å². The van der Waals surface area contributed by atoms with Gasteiger partial charge in [-0.25, -0.2) is 0 Å². The number of carbonyl (C=O) groups excluding carboxylic acids is 1. The third-order valence-electron chi connectivity index (χ3n) is 3.46. The van der Waals surface area contributed by atoms with Gasteiger partial charge in [0.1, 0.15) is 5.78 Å². The minimum absolute atomic E-state index is 0.431. The molecule has 3 heterocycles. The molecule has 4 unspecified atom stereocenters. The third kappa shape index (κ3) is 0.808. The predicted octanol–water partition coefficient (Wildman–Crippen LogP) is 0.0485. The van der Waals surface area contributed by atoms with E-state index < -0.39 is 0 Å². The summed E-state index contributed by atoms with van der Waals surface area (Å²) in [5.74, 6) is 1.04. The van der Waals surface area contributed by atoms with Gasteiger partial charge in [0.15, 0.2) is 0 Å². The first-order valence-corrected chi connectivity index (χ1v) is 4.70. The maximum Gasteiger partial charge on any atom is 0.147 e. The normalized spacial score (nSPS) is 51.2. The van der Waals surface area contributed by atoms with Crippen molar-refractivity contribution in [2.24, 2.45) is 5.92 Å². The maximum atomic E-state index is 11.3. The molecule has 0 amide bonds. The lowest BCUT2D eigenvalue weighted by molar-refractivity contribution is -0.127. The molecule has 0 spiro atoms. The van der Waals surface area contributed by atoms with Crippen LogP contribution in [0.25, 0.3) is 0 Å². The lowest BCUT2D eigenvalue weighted by atomic mass is 9.92. The summed E-state index contributed by atoms with van der Waals surface area (Å²) >= 11 is 0. The van der Waals surface area contributed by atoms with Crippen molar-refractivity contribution in [3.8, 4) is 0 Å². The average molecular weight is 167 g/mol. The van der Waals surface area contributed by atoms with E-state index in [0.29, 0.717) is 30.3 Å². The van der Waals surface area contributed by atoms with E-state index in [9.17, 15) is 4.79 Å². The number of Topliss-reactive ketones (excluding diaryl/α,β-unsaturated/α-hetero) is 1. The zero-order valence-corrected chi connectivity index (χ0v) is 7.03. The molecule has 4 atom stereocenters. The highest BCUT2D eigenvalue weighted by atomic mass is 16.5. The zero-order chi connectivity index (χ0) is 8.13. The number of hydrogen-bond donors (Lipinski definition) is 0. The fourth-order valence-electron chi connectivity index (χ4n) is 2.93. The zero-order valence-electron chi connectivity index (χ0n) is 7.03. The molecule has 66 valence electrons. The van der Waals surface area contributed by atoms with Crippen molar-refractivity contribution in [3.63, 3.8) is 0 Å². The van der Waals surface area contributed by atoms with Crippen LogP contribution < -0.4 is 0 Å². The summed E-state index contributed by atoms with van der Waals surface area (Å²) in [7, 11) is 0. The molecule has 0 aromatic carbocycles. The molecule has 3 aliphatic rings. The molecule has 3 nitrogen and oxygen atoms in total. The smallest absolute Gasteiger partial charge is 0.147 e. The summed E-state index contributed by atoms with van der Waals surface area (Å²) in [4.78, 5) is 13.6. The van der Waals surface area contributed by atoms with Crippen LogP contribution in [0.3, 0.4) is 0 Å². The highest BCUT2D eigenvalue weighted by Gasteiger charge is 2.48. The minimum Gasteiger partial charge on any atom is -0.378 e. The standard InChI is InChI=1S/C9H13NO2/c11-8-2-6-1-7-4-12-5-9(6)10(7)3-8/h6-7,9H,1-5H2. The Bertz CT molecular complexity index is 229. The summed E-state index contributed by atoms with van der Waals surface area (Å²) in [5, 5.41) is 0. The Kier molecular flexibility index (Phi) is 1.35. The second-order valence-electron chi connectivity index (χ2n) is 4.17. The number of morpholine rings is 1.